The van der Waals surface area contributed by atoms with Gasteiger partial charge in [0, 0.05) is 23.7 Å². The molecule has 0 fully saturated rings. The number of carbonyl (C=O) groups is 1. The van der Waals surface area contributed by atoms with Gasteiger partial charge < -0.3 is 9.30 Å². The molecule has 0 aliphatic carbocycles. The first-order valence-corrected chi connectivity index (χ1v) is 9.02. The molecule has 4 aromatic rings. The van der Waals surface area contributed by atoms with Gasteiger partial charge in [0.25, 0.3) is 0 Å². The van der Waals surface area contributed by atoms with Gasteiger partial charge in [-0.05, 0) is 24.1 Å². The van der Waals surface area contributed by atoms with E-state index in [-0.39, 0.29) is 5.97 Å². The monoisotopic (exact) mass is 356 g/mol. The third kappa shape index (κ3) is 3.22. The fourth-order valence-electron chi connectivity index (χ4n) is 3.43. The van der Waals surface area contributed by atoms with Crippen LogP contribution in [0.1, 0.15) is 23.0 Å². The lowest BCUT2D eigenvalue weighted by Crippen LogP contribution is -2.14. The van der Waals surface area contributed by atoms with Crippen molar-refractivity contribution in [1.29, 1.82) is 0 Å². The van der Waals surface area contributed by atoms with Gasteiger partial charge in [-0.3, -0.25) is 4.98 Å². The minimum atomic E-state index is -0.316. The molecule has 4 rings (SSSR count). The molecule has 27 heavy (non-hydrogen) atoms. The highest BCUT2D eigenvalue weighted by Crippen LogP contribution is 2.35. The van der Waals surface area contributed by atoms with Crippen molar-refractivity contribution in [2.24, 2.45) is 0 Å². The zero-order valence-corrected chi connectivity index (χ0v) is 15.1. The molecule has 0 bridgehead atoms. The Kier molecular flexibility index (Phi) is 4.71. The van der Waals surface area contributed by atoms with Crippen LogP contribution in [0.2, 0.25) is 0 Å². The molecule has 0 spiro atoms. The van der Waals surface area contributed by atoms with E-state index in [1.54, 1.807) is 6.20 Å². The molecule has 0 N–H and O–H groups in total. The lowest BCUT2D eigenvalue weighted by molar-refractivity contribution is 0.0516. The molecular formula is C23H20N2O2. The number of hydrogen-bond acceptors (Lipinski definition) is 3. The first-order valence-electron chi connectivity index (χ1n) is 9.02. The molecule has 2 aromatic heterocycles. The van der Waals surface area contributed by atoms with Crippen molar-refractivity contribution >= 4 is 16.9 Å². The predicted octanol–water partition coefficient (Wildman–Crippen LogP) is 4.93. The summed E-state index contributed by atoms with van der Waals surface area (Å²) >= 11 is 0. The Balaban J connectivity index is 2.00. The van der Waals surface area contributed by atoms with Crippen LogP contribution in [0.4, 0.5) is 0 Å². The first kappa shape index (κ1) is 17.0. The van der Waals surface area contributed by atoms with Gasteiger partial charge in [0.05, 0.1) is 18.3 Å². The Morgan fingerprint density at radius 2 is 1.70 bits per heavy atom. The zero-order valence-electron chi connectivity index (χ0n) is 15.1. The van der Waals surface area contributed by atoms with Crippen LogP contribution >= 0.6 is 0 Å². The van der Waals surface area contributed by atoms with Crippen molar-refractivity contribution in [3.05, 3.63) is 90.4 Å². The third-order valence-electron chi connectivity index (χ3n) is 4.58. The van der Waals surface area contributed by atoms with Crippen molar-refractivity contribution in [3.8, 4) is 11.1 Å². The topological polar surface area (TPSA) is 44.1 Å². The van der Waals surface area contributed by atoms with E-state index in [0.717, 1.165) is 27.6 Å². The highest BCUT2D eigenvalue weighted by atomic mass is 16.5. The standard InChI is InChI=1S/C23H20N2O2/c1-2-27-23(26)22-21(18-11-7-4-8-12-18)19-13-14-24-15-20(19)25(22)16-17-9-5-3-6-10-17/h3-15H,2,16H2,1H3. The summed E-state index contributed by atoms with van der Waals surface area (Å²) in [6, 6.07) is 22.0. The van der Waals surface area contributed by atoms with Gasteiger partial charge in [0.1, 0.15) is 5.69 Å². The summed E-state index contributed by atoms with van der Waals surface area (Å²) in [7, 11) is 0. The molecule has 0 amide bonds. The SMILES string of the molecule is CCOC(=O)c1c(-c2ccccc2)c2ccncc2n1Cc1ccccc1. The van der Waals surface area contributed by atoms with Gasteiger partial charge >= 0.3 is 5.97 Å². The highest BCUT2D eigenvalue weighted by molar-refractivity contribution is 6.08. The molecule has 0 saturated carbocycles. The van der Waals surface area contributed by atoms with Gasteiger partial charge in [-0.2, -0.15) is 0 Å². The van der Waals surface area contributed by atoms with Crippen LogP contribution in [0.3, 0.4) is 0 Å². The van der Waals surface area contributed by atoms with Crippen LogP contribution in [0.15, 0.2) is 79.1 Å². The molecule has 0 aliphatic heterocycles. The Hall–Kier alpha value is -3.40. The van der Waals surface area contributed by atoms with Crippen LogP contribution in [0.5, 0.6) is 0 Å². The molecule has 0 unspecified atom stereocenters. The number of benzene rings is 2. The Bertz CT molecular complexity index is 1070. The fraction of sp³-hybridized carbons (Fsp3) is 0.130. The van der Waals surface area contributed by atoms with E-state index in [4.69, 9.17) is 4.74 Å². The van der Waals surface area contributed by atoms with Crippen molar-refractivity contribution in [2.75, 3.05) is 6.61 Å². The van der Waals surface area contributed by atoms with Gasteiger partial charge in [0.2, 0.25) is 0 Å². The summed E-state index contributed by atoms with van der Waals surface area (Å²) in [5, 5.41) is 0.996. The molecular weight excluding hydrogens is 336 g/mol. The average molecular weight is 356 g/mol. The second kappa shape index (κ2) is 7.46. The second-order valence-corrected chi connectivity index (χ2v) is 6.27. The number of ether oxygens (including phenoxy) is 1. The molecule has 0 atom stereocenters. The van der Waals surface area contributed by atoms with E-state index < -0.39 is 0 Å². The van der Waals surface area contributed by atoms with Crippen molar-refractivity contribution in [2.45, 2.75) is 13.5 Å². The molecule has 0 aliphatic rings. The number of nitrogens with zero attached hydrogens (tertiary/aromatic N) is 2. The van der Waals surface area contributed by atoms with Gasteiger partial charge in [0.15, 0.2) is 0 Å². The summed E-state index contributed by atoms with van der Waals surface area (Å²) in [5.74, 6) is -0.316. The maximum absolute atomic E-state index is 13.0. The molecule has 4 nitrogen and oxygen atoms in total. The number of rotatable bonds is 5. The first-order chi connectivity index (χ1) is 13.3. The quantitative estimate of drug-likeness (QED) is 0.476. The molecule has 0 radical (unpaired) electrons. The average Bonchev–Trinajstić information content (AvgIpc) is 3.04. The van der Waals surface area contributed by atoms with Crippen molar-refractivity contribution in [1.82, 2.24) is 9.55 Å². The van der Waals surface area contributed by atoms with Crippen LogP contribution in [0, 0.1) is 0 Å². The van der Waals surface area contributed by atoms with E-state index in [9.17, 15) is 4.79 Å². The molecule has 2 aromatic carbocycles. The van der Waals surface area contributed by atoms with E-state index in [1.165, 1.54) is 0 Å². The van der Waals surface area contributed by atoms with Gasteiger partial charge in [-0.1, -0.05) is 60.7 Å². The Labute approximate surface area is 158 Å². The minimum Gasteiger partial charge on any atom is -0.461 e. The second-order valence-electron chi connectivity index (χ2n) is 6.27. The lowest BCUT2D eigenvalue weighted by Gasteiger charge is -2.12. The summed E-state index contributed by atoms with van der Waals surface area (Å²) < 4.78 is 7.43. The zero-order chi connectivity index (χ0) is 18.6. The minimum absolute atomic E-state index is 0.316. The Morgan fingerprint density at radius 3 is 2.41 bits per heavy atom. The maximum atomic E-state index is 13.0. The van der Waals surface area contributed by atoms with Crippen molar-refractivity contribution in [3.63, 3.8) is 0 Å². The van der Waals surface area contributed by atoms with Crippen LogP contribution in [0.25, 0.3) is 22.0 Å². The number of carbonyl (C=O) groups excluding carboxylic acids is 1. The molecule has 2 heterocycles. The third-order valence-corrected chi connectivity index (χ3v) is 4.58. The fourth-order valence-corrected chi connectivity index (χ4v) is 3.43. The largest absolute Gasteiger partial charge is 0.461 e. The smallest absolute Gasteiger partial charge is 0.355 e. The van der Waals surface area contributed by atoms with Gasteiger partial charge in [-0.15, -0.1) is 0 Å². The van der Waals surface area contributed by atoms with E-state index in [1.807, 2.05) is 72.3 Å². The predicted molar refractivity (Wildman–Crippen MR) is 107 cm³/mol. The molecule has 0 saturated heterocycles. The van der Waals surface area contributed by atoms with Crippen LogP contribution in [-0.4, -0.2) is 22.1 Å². The Morgan fingerprint density at radius 1 is 1.00 bits per heavy atom. The molecule has 134 valence electrons. The summed E-state index contributed by atoms with van der Waals surface area (Å²) in [4.78, 5) is 17.3. The maximum Gasteiger partial charge on any atom is 0.355 e. The number of fused-ring (bicyclic) bond motifs is 1. The summed E-state index contributed by atoms with van der Waals surface area (Å²) in [6.07, 6.45) is 3.57. The molecule has 4 heteroatoms. The summed E-state index contributed by atoms with van der Waals surface area (Å²) in [6.45, 7) is 2.73. The van der Waals surface area contributed by atoms with Gasteiger partial charge in [-0.25, -0.2) is 4.79 Å². The number of pyridine rings is 1. The van der Waals surface area contributed by atoms with Crippen LogP contribution in [-0.2, 0) is 11.3 Å². The highest BCUT2D eigenvalue weighted by Gasteiger charge is 2.25. The number of esters is 1. The normalized spacial score (nSPS) is 10.9. The number of aromatic nitrogens is 2. The van der Waals surface area contributed by atoms with E-state index in [0.29, 0.717) is 18.8 Å². The number of hydrogen-bond donors (Lipinski definition) is 0. The summed E-state index contributed by atoms with van der Waals surface area (Å²) in [5.41, 5.74) is 4.48. The van der Waals surface area contributed by atoms with E-state index in [2.05, 4.69) is 17.1 Å². The van der Waals surface area contributed by atoms with E-state index >= 15 is 0 Å². The van der Waals surface area contributed by atoms with Crippen molar-refractivity contribution < 1.29 is 9.53 Å². The van der Waals surface area contributed by atoms with Crippen LogP contribution < -0.4 is 0 Å². The lowest BCUT2D eigenvalue weighted by atomic mass is 10.0.